The highest BCUT2D eigenvalue weighted by Gasteiger charge is 2.33. The third kappa shape index (κ3) is 5.72. The van der Waals surface area contributed by atoms with Crippen LogP contribution in [0.1, 0.15) is 16.7 Å². The summed E-state index contributed by atoms with van der Waals surface area (Å²) in [5.41, 5.74) is 0.731. The van der Waals surface area contributed by atoms with E-state index in [9.17, 15) is 22.8 Å². The molecule has 0 aliphatic carbocycles. The molecule has 0 aromatic heterocycles. The van der Waals surface area contributed by atoms with E-state index in [1.54, 1.807) is 0 Å². The van der Waals surface area contributed by atoms with Gasteiger partial charge in [-0.3, -0.25) is 9.59 Å². The minimum atomic E-state index is -4.63. The number of nitrogens with zero attached hydrogens (tertiary/aromatic N) is 1. The Hall–Kier alpha value is -2.54. The average molecular weight is 399 g/mol. The maximum atomic E-state index is 12.9. The zero-order valence-electron chi connectivity index (χ0n) is 14.7. The van der Waals surface area contributed by atoms with E-state index in [0.717, 1.165) is 23.3 Å². The van der Waals surface area contributed by atoms with Crippen LogP contribution >= 0.6 is 11.6 Å². The molecule has 27 heavy (non-hydrogen) atoms. The molecule has 1 N–H and O–H groups in total. The Morgan fingerprint density at radius 3 is 2.44 bits per heavy atom. The number of alkyl halides is 3. The molecule has 2 aromatic rings. The molecular formula is C19H18ClF3N2O2. The van der Waals surface area contributed by atoms with Gasteiger partial charge in [0.25, 0.3) is 0 Å². The van der Waals surface area contributed by atoms with Gasteiger partial charge in [0.2, 0.25) is 11.8 Å². The summed E-state index contributed by atoms with van der Waals surface area (Å²) in [5, 5.41) is 1.90. The fraction of sp³-hybridized carbons (Fsp3) is 0.263. The quantitative estimate of drug-likeness (QED) is 0.816. The molecule has 144 valence electrons. The molecule has 0 heterocycles. The van der Waals surface area contributed by atoms with Crippen molar-refractivity contribution in [3.63, 3.8) is 0 Å². The van der Waals surface area contributed by atoms with E-state index in [0.29, 0.717) is 0 Å². The van der Waals surface area contributed by atoms with Crippen molar-refractivity contribution in [2.24, 2.45) is 0 Å². The number of hydrogen-bond acceptors (Lipinski definition) is 2. The van der Waals surface area contributed by atoms with E-state index >= 15 is 0 Å². The Morgan fingerprint density at radius 2 is 1.81 bits per heavy atom. The van der Waals surface area contributed by atoms with Crippen molar-refractivity contribution in [1.29, 1.82) is 0 Å². The first-order valence-corrected chi connectivity index (χ1v) is 8.41. The second-order valence-electron chi connectivity index (χ2n) is 6.09. The highest BCUT2D eigenvalue weighted by Crippen LogP contribution is 2.36. The minimum absolute atomic E-state index is 0.0449. The number of nitrogens with one attached hydrogen (secondary N) is 1. The Kier molecular flexibility index (Phi) is 6.49. The number of carbonyl (C=O) groups is 2. The molecule has 4 nitrogen and oxygen atoms in total. The Balaban J connectivity index is 1.99. The van der Waals surface area contributed by atoms with Gasteiger partial charge in [-0.05, 0) is 36.2 Å². The van der Waals surface area contributed by atoms with Crippen LogP contribution in [-0.4, -0.2) is 30.3 Å². The molecule has 0 radical (unpaired) electrons. The van der Waals surface area contributed by atoms with Crippen LogP contribution in [0.5, 0.6) is 0 Å². The van der Waals surface area contributed by atoms with E-state index in [2.05, 4.69) is 5.32 Å². The van der Waals surface area contributed by atoms with E-state index in [1.807, 2.05) is 31.2 Å². The summed E-state index contributed by atoms with van der Waals surface area (Å²) in [7, 11) is 1.46. The summed E-state index contributed by atoms with van der Waals surface area (Å²) >= 11 is 5.55. The van der Waals surface area contributed by atoms with Crippen molar-refractivity contribution in [2.45, 2.75) is 19.5 Å². The van der Waals surface area contributed by atoms with Crippen molar-refractivity contribution >= 4 is 29.1 Å². The van der Waals surface area contributed by atoms with Crippen molar-refractivity contribution < 1.29 is 22.8 Å². The van der Waals surface area contributed by atoms with Gasteiger partial charge in [0.1, 0.15) is 0 Å². The van der Waals surface area contributed by atoms with Gasteiger partial charge in [0, 0.05) is 12.7 Å². The lowest BCUT2D eigenvalue weighted by atomic mass is 10.1. The fourth-order valence-corrected chi connectivity index (χ4v) is 2.66. The van der Waals surface area contributed by atoms with E-state index in [1.165, 1.54) is 18.0 Å². The maximum absolute atomic E-state index is 12.9. The third-order valence-electron chi connectivity index (χ3n) is 3.96. The number of amides is 2. The molecule has 0 atom stereocenters. The lowest BCUT2D eigenvalue weighted by molar-refractivity contribution is -0.137. The molecule has 0 saturated heterocycles. The van der Waals surface area contributed by atoms with Gasteiger partial charge in [-0.2, -0.15) is 13.2 Å². The van der Waals surface area contributed by atoms with Gasteiger partial charge in [-0.1, -0.05) is 35.9 Å². The van der Waals surface area contributed by atoms with Gasteiger partial charge < -0.3 is 10.2 Å². The number of aryl methyl sites for hydroxylation is 1. The van der Waals surface area contributed by atoms with Crippen LogP contribution in [-0.2, 0) is 22.2 Å². The molecule has 0 bridgehead atoms. The standard InChI is InChI=1S/C19H18ClF3N2O2/c1-12-5-3-4-6-13(12)9-18(27)25(2)11-17(26)24-14-7-8-16(20)15(10-14)19(21,22)23/h3-8,10H,9,11H2,1-2H3,(H,24,26). The molecule has 0 fully saturated rings. The fourth-order valence-electron chi connectivity index (χ4n) is 2.43. The number of hydrogen-bond donors (Lipinski definition) is 1. The third-order valence-corrected chi connectivity index (χ3v) is 4.29. The number of likely N-dealkylation sites (N-methyl/N-ethyl adjacent to an activating group) is 1. The predicted octanol–water partition coefficient (Wildman–Crippen LogP) is 4.31. The van der Waals surface area contributed by atoms with Crippen LogP contribution in [0.15, 0.2) is 42.5 Å². The summed E-state index contributed by atoms with van der Waals surface area (Å²) in [4.78, 5) is 25.6. The van der Waals surface area contributed by atoms with Crippen LogP contribution in [0.4, 0.5) is 18.9 Å². The molecule has 0 saturated carbocycles. The molecule has 0 spiro atoms. The lowest BCUT2D eigenvalue weighted by Crippen LogP contribution is -2.36. The number of rotatable bonds is 5. The maximum Gasteiger partial charge on any atom is 0.417 e. The van der Waals surface area contributed by atoms with Gasteiger partial charge in [0.15, 0.2) is 0 Å². The van der Waals surface area contributed by atoms with E-state index in [-0.39, 0.29) is 24.6 Å². The van der Waals surface area contributed by atoms with Gasteiger partial charge >= 0.3 is 6.18 Å². The highest BCUT2D eigenvalue weighted by atomic mass is 35.5. The van der Waals surface area contributed by atoms with Crippen molar-refractivity contribution in [2.75, 3.05) is 18.9 Å². The molecule has 0 aliphatic rings. The second-order valence-corrected chi connectivity index (χ2v) is 6.50. The normalized spacial score (nSPS) is 11.2. The monoisotopic (exact) mass is 398 g/mol. The van der Waals surface area contributed by atoms with Crippen LogP contribution < -0.4 is 5.32 Å². The van der Waals surface area contributed by atoms with Crippen molar-refractivity contribution in [3.05, 3.63) is 64.2 Å². The molecule has 2 amide bonds. The summed E-state index contributed by atoms with van der Waals surface area (Å²) in [6.07, 6.45) is -4.49. The first-order chi connectivity index (χ1) is 12.6. The first-order valence-electron chi connectivity index (χ1n) is 8.03. The summed E-state index contributed by atoms with van der Waals surface area (Å²) in [6, 6.07) is 10.5. The molecule has 0 unspecified atom stereocenters. The van der Waals surface area contributed by atoms with Gasteiger partial charge in [-0.15, -0.1) is 0 Å². The summed E-state index contributed by atoms with van der Waals surface area (Å²) in [6.45, 7) is 1.60. The largest absolute Gasteiger partial charge is 0.417 e. The summed E-state index contributed by atoms with van der Waals surface area (Å²) < 4.78 is 38.6. The van der Waals surface area contributed by atoms with E-state index < -0.39 is 22.7 Å². The second kappa shape index (κ2) is 8.43. The zero-order valence-corrected chi connectivity index (χ0v) is 15.5. The van der Waals surface area contributed by atoms with Crippen LogP contribution in [0.25, 0.3) is 0 Å². The average Bonchev–Trinajstić information content (AvgIpc) is 2.57. The topological polar surface area (TPSA) is 49.4 Å². The number of carbonyl (C=O) groups excluding carboxylic acids is 2. The summed E-state index contributed by atoms with van der Waals surface area (Å²) in [5.74, 6) is -0.877. The van der Waals surface area contributed by atoms with Crippen LogP contribution in [0, 0.1) is 6.92 Å². The Labute approximate surface area is 159 Å². The first kappa shape index (κ1) is 20.8. The van der Waals surface area contributed by atoms with Crippen molar-refractivity contribution in [3.8, 4) is 0 Å². The minimum Gasteiger partial charge on any atom is -0.336 e. The van der Waals surface area contributed by atoms with Crippen molar-refractivity contribution in [1.82, 2.24) is 4.90 Å². The molecular weight excluding hydrogens is 381 g/mol. The number of anilines is 1. The van der Waals surface area contributed by atoms with Crippen LogP contribution in [0.2, 0.25) is 5.02 Å². The number of benzene rings is 2. The predicted molar refractivity (Wildman–Crippen MR) is 97.6 cm³/mol. The lowest BCUT2D eigenvalue weighted by Gasteiger charge is -2.18. The Morgan fingerprint density at radius 1 is 1.15 bits per heavy atom. The highest BCUT2D eigenvalue weighted by molar-refractivity contribution is 6.31. The van der Waals surface area contributed by atoms with Gasteiger partial charge in [-0.25, -0.2) is 0 Å². The molecule has 2 rings (SSSR count). The zero-order chi connectivity index (χ0) is 20.2. The molecule has 2 aromatic carbocycles. The Bertz CT molecular complexity index is 853. The van der Waals surface area contributed by atoms with Gasteiger partial charge in [0.05, 0.1) is 23.6 Å². The molecule has 8 heteroatoms. The SMILES string of the molecule is Cc1ccccc1CC(=O)N(C)CC(=O)Nc1ccc(Cl)c(C(F)(F)F)c1. The van der Waals surface area contributed by atoms with E-state index in [4.69, 9.17) is 11.6 Å². The van der Waals surface area contributed by atoms with Crippen LogP contribution in [0.3, 0.4) is 0 Å². The number of halogens is 4. The smallest absolute Gasteiger partial charge is 0.336 e. The molecule has 0 aliphatic heterocycles.